The molecule has 7 heteroatoms. The Kier molecular flexibility index (Phi) is 5.31. The Hall–Kier alpha value is -1.60. The fraction of sp³-hybridized carbons (Fsp3) is 0.417. The van der Waals surface area contributed by atoms with E-state index in [2.05, 4.69) is 10.6 Å². The van der Waals surface area contributed by atoms with Crippen molar-refractivity contribution in [3.63, 3.8) is 0 Å². The Balaban J connectivity index is 2.74. The zero-order valence-electron chi connectivity index (χ0n) is 11.0. The summed E-state index contributed by atoms with van der Waals surface area (Å²) in [6, 6.07) is 5.72. The Morgan fingerprint density at radius 1 is 1.32 bits per heavy atom. The highest BCUT2D eigenvalue weighted by Gasteiger charge is 2.13. The van der Waals surface area contributed by atoms with Crippen molar-refractivity contribution >= 4 is 15.9 Å². The summed E-state index contributed by atoms with van der Waals surface area (Å²) in [6.45, 7) is 1.88. The summed E-state index contributed by atoms with van der Waals surface area (Å²) in [5.41, 5.74) is 6.67. The molecule has 0 aliphatic rings. The average molecular weight is 285 g/mol. The second kappa shape index (κ2) is 6.53. The van der Waals surface area contributed by atoms with Crippen LogP contribution in [0.4, 0.5) is 4.79 Å². The third-order valence-corrected chi connectivity index (χ3v) is 4.51. The molecule has 0 radical (unpaired) electrons. The zero-order valence-corrected chi connectivity index (χ0v) is 11.8. The number of nitrogens with two attached hydrogens (primary N) is 1. The minimum Gasteiger partial charge on any atom is -0.341 e. The van der Waals surface area contributed by atoms with E-state index in [1.54, 1.807) is 19.1 Å². The maximum absolute atomic E-state index is 11.6. The summed E-state index contributed by atoms with van der Waals surface area (Å²) in [6.07, 6.45) is 0. The van der Waals surface area contributed by atoms with Crippen LogP contribution >= 0.6 is 0 Å². The first-order chi connectivity index (χ1) is 8.90. The lowest BCUT2D eigenvalue weighted by Gasteiger charge is -2.13. The molecule has 2 amide bonds. The van der Waals surface area contributed by atoms with E-state index >= 15 is 0 Å². The van der Waals surface area contributed by atoms with Crippen LogP contribution in [0.25, 0.3) is 0 Å². The van der Waals surface area contributed by atoms with Gasteiger partial charge in [0.25, 0.3) is 0 Å². The molecule has 1 atom stereocenters. The highest BCUT2D eigenvalue weighted by atomic mass is 32.2. The van der Waals surface area contributed by atoms with Gasteiger partial charge in [-0.15, -0.1) is 0 Å². The second-order valence-corrected chi connectivity index (χ2v) is 6.32. The van der Waals surface area contributed by atoms with Crippen molar-refractivity contribution in [1.29, 1.82) is 0 Å². The number of hydrogen-bond acceptors (Lipinski definition) is 4. The normalized spacial score (nSPS) is 12.8. The quantitative estimate of drug-likeness (QED) is 0.729. The molecule has 6 nitrogen and oxygen atoms in total. The summed E-state index contributed by atoms with van der Waals surface area (Å²) in [7, 11) is -1.67. The van der Waals surface area contributed by atoms with E-state index in [-0.39, 0.29) is 29.3 Å². The molecule has 1 unspecified atom stereocenters. The van der Waals surface area contributed by atoms with E-state index in [1.807, 2.05) is 0 Å². The van der Waals surface area contributed by atoms with E-state index < -0.39 is 9.84 Å². The van der Waals surface area contributed by atoms with Crippen molar-refractivity contribution in [3.05, 3.63) is 29.8 Å². The number of amides is 2. The van der Waals surface area contributed by atoms with E-state index in [9.17, 15) is 13.2 Å². The van der Waals surface area contributed by atoms with Gasteiger partial charge < -0.3 is 16.4 Å². The van der Waals surface area contributed by atoms with Crippen molar-refractivity contribution in [2.45, 2.75) is 17.9 Å². The van der Waals surface area contributed by atoms with Crippen LogP contribution in [0.1, 0.15) is 18.5 Å². The molecule has 0 aliphatic heterocycles. The number of carbonyl (C=O) groups is 1. The third-order valence-electron chi connectivity index (χ3n) is 2.76. The summed E-state index contributed by atoms with van der Waals surface area (Å²) < 4.78 is 23.3. The van der Waals surface area contributed by atoms with Gasteiger partial charge in [-0.3, -0.25) is 0 Å². The standard InChI is InChI=1S/C12H19N3O3S/c1-3-19(17,18)10-6-4-9(5-7-10)11(13)8-15-12(16)14-2/h4-7,11H,3,8,13H2,1-2H3,(H2,14,15,16). The molecule has 0 saturated carbocycles. The maximum atomic E-state index is 11.6. The van der Waals surface area contributed by atoms with Gasteiger partial charge in [-0.2, -0.15) is 0 Å². The number of benzene rings is 1. The first kappa shape index (κ1) is 15.5. The largest absolute Gasteiger partial charge is 0.341 e. The second-order valence-electron chi connectivity index (χ2n) is 4.04. The molecule has 0 fully saturated rings. The van der Waals surface area contributed by atoms with Crippen LogP contribution in [-0.4, -0.2) is 33.8 Å². The van der Waals surface area contributed by atoms with Gasteiger partial charge >= 0.3 is 6.03 Å². The first-order valence-electron chi connectivity index (χ1n) is 5.94. The maximum Gasteiger partial charge on any atom is 0.314 e. The molecule has 0 bridgehead atoms. The van der Waals surface area contributed by atoms with E-state index in [0.717, 1.165) is 5.56 Å². The van der Waals surface area contributed by atoms with Gasteiger partial charge in [0.15, 0.2) is 9.84 Å². The molecule has 0 aromatic heterocycles. The van der Waals surface area contributed by atoms with Crippen LogP contribution in [0.2, 0.25) is 0 Å². The van der Waals surface area contributed by atoms with Crippen molar-refractivity contribution < 1.29 is 13.2 Å². The van der Waals surface area contributed by atoms with Gasteiger partial charge in [-0.1, -0.05) is 19.1 Å². The summed E-state index contributed by atoms with van der Waals surface area (Å²) in [5, 5.41) is 5.02. The van der Waals surface area contributed by atoms with Gasteiger partial charge in [0.2, 0.25) is 0 Å². The minimum absolute atomic E-state index is 0.0661. The number of sulfone groups is 1. The van der Waals surface area contributed by atoms with Crippen LogP contribution in [0.15, 0.2) is 29.2 Å². The Morgan fingerprint density at radius 2 is 1.89 bits per heavy atom. The molecule has 0 aliphatic carbocycles. The molecule has 1 rings (SSSR count). The molecular weight excluding hydrogens is 266 g/mol. The third kappa shape index (κ3) is 4.22. The molecule has 1 aromatic carbocycles. The van der Waals surface area contributed by atoms with Gasteiger partial charge in [0.1, 0.15) is 0 Å². The predicted octanol–water partition coefficient (Wildman–Crippen LogP) is 0.409. The average Bonchev–Trinajstić information content (AvgIpc) is 2.44. The van der Waals surface area contributed by atoms with Crippen molar-refractivity contribution in [3.8, 4) is 0 Å². The lowest BCUT2D eigenvalue weighted by Crippen LogP contribution is -2.37. The number of rotatable bonds is 5. The molecule has 1 aromatic rings. The van der Waals surface area contributed by atoms with E-state index in [4.69, 9.17) is 5.73 Å². The number of hydrogen-bond donors (Lipinski definition) is 3. The first-order valence-corrected chi connectivity index (χ1v) is 7.59. The van der Waals surface area contributed by atoms with E-state index in [1.165, 1.54) is 19.2 Å². The van der Waals surface area contributed by atoms with Crippen molar-refractivity contribution in [1.82, 2.24) is 10.6 Å². The van der Waals surface area contributed by atoms with Gasteiger partial charge in [0.05, 0.1) is 10.6 Å². The Morgan fingerprint density at radius 3 is 2.37 bits per heavy atom. The highest BCUT2D eigenvalue weighted by molar-refractivity contribution is 7.91. The zero-order chi connectivity index (χ0) is 14.5. The number of carbonyl (C=O) groups excluding carboxylic acids is 1. The highest BCUT2D eigenvalue weighted by Crippen LogP contribution is 2.15. The lowest BCUT2D eigenvalue weighted by atomic mass is 10.1. The fourth-order valence-corrected chi connectivity index (χ4v) is 2.38. The topological polar surface area (TPSA) is 101 Å². The van der Waals surface area contributed by atoms with Crippen LogP contribution in [0, 0.1) is 0 Å². The Labute approximate surface area is 113 Å². The summed E-state index contributed by atoms with van der Waals surface area (Å²) >= 11 is 0. The minimum atomic E-state index is -3.19. The fourth-order valence-electron chi connectivity index (χ4n) is 1.50. The van der Waals surface area contributed by atoms with Crippen molar-refractivity contribution in [2.75, 3.05) is 19.3 Å². The van der Waals surface area contributed by atoms with Gasteiger partial charge in [-0.25, -0.2) is 13.2 Å². The molecule has 0 spiro atoms. The molecule has 0 heterocycles. The molecule has 19 heavy (non-hydrogen) atoms. The molecule has 106 valence electrons. The Bertz CT molecular complexity index is 526. The van der Waals surface area contributed by atoms with Crippen LogP contribution in [-0.2, 0) is 9.84 Å². The summed E-state index contributed by atoms with van der Waals surface area (Å²) in [4.78, 5) is 11.3. The number of urea groups is 1. The summed E-state index contributed by atoms with van der Waals surface area (Å²) in [5.74, 6) is 0.0661. The van der Waals surface area contributed by atoms with Crippen LogP contribution in [0.3, 0.4) is 0 Å². The van der Waals surface area contributed by atoms with Crippen LogP contribution in [0.5, 0.6) is 0 Å². The smallest absolute Gasteiger partial charge is 0.314 e. The van der Waals surface area contributed by atoms with E-state index in [0.29, 0.717) is 0 Å². The van der Waals surface area contributed by atoms with Crippen LogP contribution < -0.4 is 16.4 Å². The lowest BCUT2D eigenvalue weighted by molar-refractivity contribution is 0.242. The molecule has 0 saturated heterocycles. The van der Waals surface area contributed by atoms with Gasteiger partial charge in [-0.05, 0) is 17.7 Å². The molecular formula is C12H19N3O3S. The van der Waals surface area contributed by atoms with Gasteiger partial charge in [0, 0.05) is 19.6 Å². The predicted molar refractivity (Wildman–Crippen MR) is 73.6 cm³/mol. The number of nitrogens with one attached hydrogen (secondary N) is 2. The SMILES string of the molecule is CCS(=O)(=O)c1ccc(C(N)CNC(=O)NC)cc1. The monoisotopic (exact) mass is 285 g/mol. The van der Waals surface area contributed by atoms with Crippen molar-refractivity contribution in [2.24, 2.45) is 5.73 Å². The molecule has 4 N–H and O–H groups in total.